The Bertz CT molecular complexity index is 568. The molecule has 0 bridgehead atoms. The van der Waals surface area contributed by atoms with E-state index in [1.807, 2.05) is 112 Å². The van der Waals surface area contributed by atoms with Crippen LogP contribution in [0.5, 0.6) is 0 Å². The number of rotatable bonds is 4. The van der Waals surface area contributed by atoms with Gasteiger partial charge in [0.15, 0.2) is 0 Å². The van der Waals surface area contributed by atoms with Crippen molar-refractivity contribution in [2.45, 2.75) is 12.2 Å². The number of aliphatic hydroxyl groups excluding tert-OH is 2. The van der Waals surface area contributed by atoms with Crippen molar-refractivity contribution >= 4 is 0 Å². The van der Waals surface area contributed by atoms with E-state index in [1.54, 1.807) is 0 Å². The summed E-state index contributed by atoms with van der Waals surface area (Å²) in [5.41, 5.74) is 1.65. The normalized spacial score (nSPS) is 19.6. The third-order valence-corrected chi connectivity index (χ3v) is 4.26. The van der Waals surface area contributed by atoms with E-state index in [1.165, 1.54) is 0 Å². The van der Waals surface area contributed by atoms with Crippen molar-refractivity contribution in [3.63, 3.8) is 0 Å². The molecule has 2 saturated carbocycles. The Labute approximate surface area is 174 Å². The molecule has 2 fully saturated rings. The number of aliphatic hydroxyl groups is 2. The molecule has 2 aromatic carbocycles. The summed E-state index contributed by atoms with van der Waals surface area (Å²) < 4.78 is 0. The van der Waals surface area contributed by atoms with Crippen molar-refractivity contribution in [2.24, 2.45) is 0 Å². The molecule has 4 rings (SSSR count). The molecule has 10 radical (unpaired) electrons. The first kappa shape index (κ1) is 22.2. The molecule has 0 unspecified atom stereocenters. The monoisotopic (exact) mass is 398 g/mol. The summed E-state index contributed by atoms with van der Waals surface area (Å²) in [4.78, 5) is 0. The first-order chi connectivity index (χ1) is 12.8. The van der Waals surface area contributed by atoms with Crippen LogP contribution in [-0.2, 0) is 17.1 Å². The van der Waals surface area contributed by atoms with Crippen LogP contribution in [0.3, 0.4) is 0 Å². The molecule has 3 heteroatoms. The molecule has 136 valence electrons. The zero-order chi connectivity index (χ0) is 18.2. The van der Waals surface area contributed by atoms with Crippen LogP contribution in [0.2, 0.25) is 0 Å². The first-order valence-electron chi connectivity index (χ1n) is 8.65. The second-order valence-corrected chi connectivity index (χ2v) is 6.03. The quantitative estimate of drug-likeness (QED) is 0.757. The zero-order valence-corrected chi connectivity index (χ0v) is 15.9. The summed E-state index contributed by atoms with van der Waals surface area (Å²) in [5.74, 6) is 1.50. The summed E-state index contributed by atoms with van der Waals surface area (Å²) in [6, 6.07) is 19.0. The molecule has 27 heavy (non-hydrogen) atoms. The fraction of sp³-hybridized carbons (Fsp3) is 0.0833. The summed E-state index contributed by atoms with van der Waals surface area (Å²) in [5, 5.41) is 21.1. The molecular weight excluding hydrogens is 376 g/mol. The van der Waals surface area contributed by atoms with Crippen LogP contribution in [0.15, 0.2) is 60.7 Å². The van der Waals surface area contributed by atoms with E-state index >= 15 is 0 Å². The fourth-order valence-corrected chi connectivity index (χ4v) is 2.90. The van der Waals surface area contributed by atoms with Crippen molar-refractivity contribution in [3.05, 3.63) is 135 Å². The molecule has 2 aromatic rings. The van der Waals surface area contributed by atoms with Crippen molar-refractivity contribution in [1.29, 1.82) is 0 Å². The molecule has 0 heterocycles. The van der Waals surface area contributed by atoms with Crippen molar-refractivity contribution in [3.8, 4) is 0 Å². The Balaban J connectivity index is 0.000000379. The van der Waals surface area contributed by atoms with Crippen molar-refractivity contribution in [1.82, 2.24) is 0 Å². The maximum absolute atomic E-state index is 10.5. The van der Waals surface area contributed by atoms with Gasteiger partial charge in [0.2, 0.25) is 0 Å². The third-order valence-electron chi connectivity index (χ3n) is 4.26. The first-order valence-corrected chi connectivity index (χ1v) is 8.65. The van der Waals surface area contributed by atoms with Gasteiger partial charge in [-0.2, -0.15) is 0 Å². The third kappa shape index (κ3) is 6.19. The maximum Gasteiger partial charge on any atom is 2.00 e. The van der Waals surface area contributed by atoms with Gasteiger partial charge in [-0.25, -0.2) is 0 Å². The van der Waals surface area contributed by atoms with Gasteiger partial charge in [-0.3, -0.25) is 0 Å². The predicted octanol–water partition coefficient (Wildman–Crippen LogP) is 4.25. The van der Waals surface area contributed by atoms with Crippen LogP contribution in [0.1, 0.15) is 23.3 Å². The minimum absolute atomic E-state index is 0. The van der Waals surface area contributed by atoms with Crippen LogP contribution in [-0.4, -0.2) is 10.2 Å². The van der Waals surface area contributed by atoms with Gasteiger partial charge >= 0.3 is 17.1 Å². The van der Waals surface area contributed by atoms with E-state index < -0.39 is 12.2 Å². The molecule has 2 nitrogen and oxygen atoms in total. The fourth-order valence-electron chi connectivity index (χ4n) is 2.90. The van der Waals surface area contributed by atoms with Gasteiger partial charge in [0.25, 0.3) is 0 Å². The molecule has 0 amide bonds. The minimum atomic E-state index is -0.727. The molecular formula is C24H22FeO2+2. The van der Waals surface area contributed by atoms with Gasteiger partial charge in [0.05, 0.1) is 12.2 Å². The van der Waals surface area contributed by atoms with Crippen molar-refractivity contribution in [2.75, 3.05) is 0 Å². The molecule has 2 N–H and O–H groups in total. The molecule has 0 aliphatic heterocycles. The summed E-state index contributed by atoms with van der Waals surface area (Å²) in [7, 11) is 0. The van der Waals surface area contributed by atoms with Gasteiger partial charge in [-0.1, -0.05) is 60.7 Å². The van der Waals surface area contributed by atoms with Gasteiger partial charge in [0, 0.05) is 11.8 Å². The number of hydrogen-bond donors (Lipinski definition) is 2. The van der Waals surface area contributed by atoms with Gasteiger partial charge in [-0.15, -0.1) is 0 Å². The van der Waals surface area contributed by atoms with Gasteiger partial charge < -0.3 is 10.2 Å². The molecule has 2 aliphatic rings. The van der Waals surface area contributed by atoms with Crippen molar-refractivity contribution < 1.29 is 27.3 Å². The second kappa shape index (κ2) is 11.7. The standard InChI is InChI=1S/C19H17O2.C5H5.Fe/c20-18(14-8-3-1-4-9-14)16-12-7-13-17(16)19(21)15-10-5-2-6-11-15;1-2-4-5-3-1;/h1-13,18-21H;1-5H;/q;;+2/t18-,19-;;/m0../s1. The van der Waals surface area contributed by atoms with Gasteiger partial charge in [0.1, 0.15) is 0 Å². The molecule has 0 spiro atoms. The number of benzene rings is 2. The van der Waals surface area contributed by atoms with E-state index in [9.17, 15) is 10.2 Å². The Hall–Kier alpha value is -1.12. The molecule has 2 aliphatic carbocycles. The van der Waals surface area contributed by atoms with E-state index in [0.29, 0.717) is 0 Å². The van der Waals surface area contributed by atoms with Crippen LogP contribution in [0.4, 0.5) is 0 Å². The Morgan fingerprint density at radius 1 is 0.481 bits per heavy atom. The maximum atomic E-state index is 10.5. The summed E-state index contributed by atoms with van der Waals surface area (Å²) in [6.07, 6.45) is 14.1. The topological polar surface area (TPSA) is 40.5 Å². The largest absolute Gasteiger partial charge is 2.00 e. The average molecular weight is 398 g/mol. The van der Waals surface area contributed by atoms with Gasteiger partial charge in [-0.05, 0) is 62.5 Å². The summed E-state index contributed by atoms with van der Waals surface area (Å²) >= 11 is 0. The molecule has 0 saturated heterocycles. The Morgan fingerprint density at radius 2 is 0.815 bits per heavy atom. The van der Waals surface area contributed by atoms with Crippen LogP contribution in [0.25, 0.3) is 0 Å². The Morgan fingerprint density at radius 3 is 1.15 bits per heavy atom. The molecule has 2 atom stereocenters. The molecule has 0 aromatic heterocycles. The summed E-state index contributed by atoms with van der Waals surface area (Å²) in [6.45, 7) is 0. The van der Waals surface area contributed by atoms with E-state index in [-0.39, 0.29) is 17.1 Å². The van der Waals surface area contributed by atoms with E-state index in [4.69, 9.17) is 0 Å². The SMILES string of the molecule is O[C@H]([C]1[CH][CH][CH][C]1[C@@H](O)c1ccccc1)c1ccccc1.[CH]1[CH][CH][CH][CH]1.[Fe+2]. The second-order valence-electron chi connectivity index (χ2n) is 6.03. The van der Waals surface area contributed by atoms with E-state index in [0.717, 1.165) is 23.0 Å². The smallest absolute Gasteiger partial charge is 0.388 e. The van der Waals surface area contributed by atoms with Crippen LogP contribution >= 0.6 is 0 Å². The minimum Gasteiger partial charge on any atom is -0.388 e. The van der Waals surface area contributed by atoms with Crippen LogP contribution < -0.4 is 0 Å². The van der Waals surface area contributed by atoms with Crippen LogP contribution in [0, 0.1) is 63.2 Å². The average Bonchev–Trinajstić information content (AvgIpc) is 3.43. The zero-order valence-electron chi connectivity index (χ0n) is 14.8. The Kier molecular flexibility index (Phi) is 9.58. The van der Waals surface area contributed by atoms with E-state index in [2.05, 4.69) is 0 Å². The number of hydrogen-bond acceptors (Lipinski definition) is 2. The predicted molar refractivity (Wildman–Crippen MR) is 104 cm³/mol.